The Labute approximate surface area is 129 Å². The lowest BCUT2D eigenvalue weighted by atomic mass is 9.71. The first kappa shape index (κ1) is 16.6. The van der Waals surface area contributed by atoms with E-state index in [0.29, 0.717) is 18.0 Å². The zero-order chi connectivity index (χ0) is 15.3. The van der Waals surface area contributed by atoms with Crippen LogP contribution in [0.5, 0.6) is 0 Å². The van der Waals surface area contributed by atoms with Gasteiger partial charge in [-0.25, -0.2) is 4.79 Å². The van der Waals surface area contributed by atoms with Crippen molar-refractivity contribution < 1.29 is 9.53 Å². The minimum Gasteiger partial charge on any atom is -0.444 e. The minimum absolute atomic E-state index is 0.321. The molecule has 21 heavy (non-hydrogen) atoms. The van der Waals surface area contributed by atoms with Crippen molar-refractivity contribution >= 4 is 6.09 Å². The standard InChI is InChI=1S/C17H32N2O2/c1-16(2,3)21-15(20)19-13-12-18-14-6-10-17(11-7-14)8-4-5-9-17/h14,18H,4-13H2,1-3H3,(H,19,20). The fourth-order valence-electron chi connectivity index (χ4n) is 3.81. The summed E-state index contributed by atoms with van der Waals surface area (Å²) in [5, 5.41) is 6.38. The van der Waals surface area contributed by atoms with Crippen molar-refractivity contribution in [3.8, 4) is 0 Å². The monoisotopic (exact) mass is 296 g/mol. The van der Waals surface area contributed by atoms with E-state index < -0.39 is 5.60 Å². The van der Waals surface area contributed by atoms with Gasteiger partial charge >= 0.3 is 6.09 Å². The smallest absolute Gasteiger partial charge is 0.407 e. The van der Waals surface area contributed by atoms with Crippen LogP contribution in [0.25, 0.3) is 0 Å². The van der Waals surface area contributed by atoms with Crippen molar-refractivity contribution in [1.29, 1.82) is 0 Å². The van der Waals surface area contributed by atoms with Gasteiger partial charge in [-0.1, -0.05) is 12.8 Å². The van der Waals surface area contributed by atoms with Gasteiger partial charge in [0, 0.05) is 19.1 Å². The van der Waals surface area contributed by atoms with Gasteiger partial charge < -0.3 is 15.4 Å². The van der Waals surface area contributed by atoms with Gasteiger partial charge in [0.2, 0.25) is 0 Å². The van der Waals surface area contributed by atoms with Gasteiger partial charge in [-0.3, -0.25) is 0 Å². The number of carbonyl (C=O) groups excluding carboxylic acids is 1. The fourth-order valence-corrected chi connectivity index (χ4v) is 3.81. The molecule has 0 unspecified atom stereocenters. The highest BCUT2D eigenvalue weighted by Crippen LogP contribution is 2.48. The topological polar surface area (TPSA) is 50.4 Å². The molecule has 0 aliphatic heterocycles. The summed E-state index contributed by atoms with van der Waals surface area (Å²) < 4.78 is 5.22. The summed E-state index contributed by atoms with van der Waals surface area (Å²) in [5.41, 5.74) is 0.281. The summed E-state index contributed by atoms with van der Waals surface area (Å²) in [7, 11) is 0. The molecule has 4 heteroatoms. The molecule has 1 spiro atoms. The van der Waals surface area contributed by atoms with Gasteiger partial charge in [0.25, 0.3) is 0 Å². The Morgan fingerprint density at radius 3 is 2.29 bits per heavy atom. The van der Waals surface area contributed by atoms with Crippen molar-refractivity contribution in [3.63, 3.8) is 0 Å². The van der Waals surface area contributed by atoms with E-state index in [1.807, 2.05) is 20.8 Å². The molecular formula is C17H32N2O2. The lowest BCUT2D eigenvalue weighted by molar-refractivity contribution is 0.0527. The maximum atomic E-state index is 11.5. The molecule has 122 valence electrons. The second-order valence-corrected chi connectivity index (χ2v) is 7.86. The molecule has 0 saturated heterocycles. The average molecular weight is 296 g/mol. The quantitative estimate of drug-likeness (QED) is 0.779. The zero-order valence-corrected chi connectivity index (χ0v) is 14.0. The van der Waals surface area contributed by atoms with Crippen LogP contribution in [-0.2, 0) is 4.74 Å². The molecule has 2 saturated carbocycles. The molecule has 2 N–H and O–H groups in total. The Bertz CT molecular complexity index is 333. The number of amides is 1. The van der Waals surface area contributed by atoms with E-state index in [-0.39, 0.29) is 6.09 Å². The first-order valence-electron chi connectivity index (χ1n) is 8.59. The molecule has 0 bridgehead atoms. The second-order valence-electron chi connectivity index (χ2n) is 7.86. The van der Waals surface area contributed by atoms with Gasteiger partial charge in [0.15, 0.2) is 0 Å². The van der Waals surface area contributed by atoms with Crippen LogP contribution in [0.1, 0.15) is 72.1 Å². The fraction of sp³-hybridized carbons (Fsp3) is 0.941. The summed E-state index contributed by atoms with van der Waals surface area (Å²) in [6.45, 7) is 7.11. The Morgan fingerprint density at radius 1 is 1.10 bits per heavy atom. The summed E-state index contributed by atoms with van der Waals surface area (Å²) in [5.74, 6) is 0. The molecule has 0 atom stereocenters. The number of alkyl carbamates (subject to hydrolysis) is 1. The van der Waals surface area contributed by atoms with Crippen molar-refractivity contribution in [3.05, 3.63) is 0 Å². The third-order valence-electron chi connectivity index (χ3n) is 4.94. The van der Waals surface area contributed by atoms with Crippen molar-refractivity contribution in [2.45, 2.75) is 83.8 Å². The predicted molar refractivity (Wildman–Crippen MR) is 85.4 cm³/mol. The predicted octanol–water partition coefficient (Wildman–Crippen LogP) is 3.60. The molecule has 0 aromatic rings. The molecule has 0 aromatic carbocycles. The van der Waals surface area contributed by atoms with Crippen LogP contribution in [0.3, 0.4) is 0 Å². The number of ether oxygens (including phenoxy) is 1. The van der Waals surface area contributed by atoms with E-state index in [0.717, 1.165) is 6.54 Å². The van der Waals surface area contributed by atoms with Gasteiger partial charge in [-0.15, -0.1) is 0 Å². The molecule has 2 fully saturated rings. The van der Waals surface area contributed by atoms with Crippen molar-refractivity contribution in [2.24, 2.45) is 5.41 Å². The van der Waals surface area contributed by atoms with Crippen LogP contribution in [0.4, 0.5) is 4.79 Å². The molecule has 0 radical (unpaired) electrons. The molecule has 2 aliphatic rings. The maximum Gasteiger partial charge on any atom is 0.407 e. The van der Waals surface area contributed by atoms with Crippen LogP contribution < -0.4 is 10.6 Å². The van der Waals surface area contributed by atoms with Crippen LogP contribution in [0.2, 0.25) is 0 Å². The first-order chi connectivity index (χ1) is 9.89. The minimum atomic E-state index is -0.420. The molecule has 1 amide bonds. The number of hydrogen-bond donors (Lipinski definition) is 2. The van der Waals surface area contributed by atoms with Gasteiger partial charge in [-0.2, -0.15) is 0 Å². The van der Waals surface area contributed by atoms with Crippen LogP contribution >= 0.6 is 0 Å². The summed E-state index contributed by atoms with van der Waals surface area (Å²) in [6.07, 6.45) is 10.9. The zero-order valence-electron chi connectivity index (χ0n) is 14.0. The number of hydrogen-bond acceptors (Lipinski definition) is 3. The third kappa shape index (κ3) is 5.50. The molecule has 0 heterocycles. The molecule has 2 aliphatic carbocycles. The summed E-state index contributed by atoms with van der Waals surface area (Å²) in [6, 6.07) is 0.636. The Kier molecular flexibility index (Phi) is 5.53. The number of carbonyl (C=O) groups is 1. The lowest BCUT2D eigenvalue weighted by Crippen LogP contribution is -2.41. The van der Waals surface area contributed by atoms with E-state index in [1.54, 1.807) is 0 Å². The Balaban J connectivity index is 1.55. The van der Waals surface area contributed by atoms with Crippen molar-refractivity contribution in [1.82, 2.24) is 10.6 Å². The molecule has 2 rings (SSSR count). The molecule has 4 nitrogen and oxygen atoms in total. The molecular weight excluding hydrogens is 264 g/mol. The lowest BCUT2D eigenvalue weighted by Gasteiger charge is -2.37. The molecule has 0 aromatic heterocycles. The normalized spacial score (nSPS) is 22.4. The third-order valence-corrected chi connectivity index (χ3v) is 4.94. The van der Waals surface area contributed by atoms with Gasteiger partial charge in [0.05, 0.1) is 0 Å². The Morgan fingerprint density at radius 2 is 1.71 bits per heavy atom. The summed E-state index contributed by atoms with van der Waals surface area (Å²) >= 11 is 0. The first-order valence-corrected chi connectivity index (χ1v) is 8.59. The van der Waals surface area contributed by atoms with E-state index in [4.69, 9.17) is 4.74 Å². The van der Waals surface area contributed by atoms with Gasteiger partial charge in [0.1, 0.15) is 5.60 Å². The van der Waals surface area contributed by atoms with Crippen LogP contribution in [-0.4, -0.2) is 30.8 Å². The van der Waals surface area contributed by atoms with E-state index in [2.05, 4.69) is 10.6 Å². The van der Waals surface area contributed by atoms with Gasteiger partial charge in [-0.05, 0) is 64.7 Å². The highest BCUT2D eigenvalue weighted by molar-refractivity contribution is 5.67. The Hall–Kier alpha value is -0.770. The van der Waals surface area contributed by atoms with Crippen LogP contribution in [0, 0.1) is 5.41 Å². The number of rotatable bonds is 4. The largest absolute Gasteiger partial charge is 0.444 e. The van der Waals surface area contributed by atoms with E-state index >= 15 is 0 Å². The highest BCUT2D eigenvalue weighted by atomic mass is 16.6. The maximum absolute atomic E-state index is 11.5. The second kappa shape index (κ2) is 6.99. The van der Waals surface area contributed by atoms with E-state index in [9.17, 15) is 4.79 Å². The van der Waals surface area contributed by atoms with E-state index in [1.165, 1.54) is 51.4 Å². The van der Waals surface area contributed by atoms with Crippen LogP contribution in [0.15, 0.2) is 0 Å². The highest BCUT2D eigenvalue weighted by Gasteiger charge is 2.37. The van der Waals surface area contributed by atoms with Crippen molar-refractivity contribution in [2.75, 3.05) is 13.1 Å². The SMILES string of the molecule is CC(C)(C)OC(=O)NCCNC1CCC2(CCCC2)CC1. The summed E-state index contributed by atoms with van der Waals surface area (Å²) in [4.78, 5) is 11.5. The number of nitrogens with one attached hydrogen (secondary N) is 2. The average Bonchev–Trinajstić information content (AvgIpc) is 2.83.